The van der Waals surface area contributed by atoms with Gasteiger partial charge in [0.25, 0.3) is 10.2 Å². The van der Waals surface area contributed by atoms with Gasteiger partial charge < -0.3 is 9.64 Å². The molecule has 0 aromatic carbocycles. The summed E-state index contributed by atoms with van der Waals surface area (Å²) in [6, 6.07) is 0.0499. The minimum Gasteiger partial charge on any atom is -0.381 e. The highest BCUT2D eigenvalue weighted by Crippen LogP contribution is 2.17. The smallest absolute Gasteiger partial charge is 0.279 e. The lowest BCUT2D eigenvalue weighted by atomic mass is 10.1. The zero-order valence-electron chi connectivity index (χ0n) is 12.5. The molecule has 0 spiro atoms. The van der Waals surface area contributed by atoms with Crippen LogP contribution in [0.4, 0.5) is 0 Å². The zero-order valence-corrected chi connectivity index (χ0v) is 13.4. The van der Waals surface area contributed by atoms with Gasteiger partial charge >= 0.3 is 0 Å². The van der Waals surface area contributed by atoms with Crippen molar-refractivity contribution in [2.24, 2.45) is 0 Å². The zero-order chi connectivity index (χ0) is 14.6. The molecule has 0 bridgehead atoms. The third kappa shape index (κ3) is 4.14. The van der Waals surface area contributed by atoms with Crippen LogP contribution in [-0.2, 0) is 14.9 Å². The van der Waals surface area contributed by atoms with Gasteiger partial charge in [0.2, 0.25) is 0 Å². The second-order valence-electron chi connectivity index (χ2n) is 5.69. The lowest BCUT2D eigenvalue weighted by molar-refractivity contribution is 0.0600. The van der Waals surface area contributed by atoms with E-state index in [9.17, 15) is 8.42 Å². The van der Waals surface area contributed by atoms with Crippen LogP contribution < -0.4 is 4.72 Å². The molecule has 2 saturated heterocycles. The average Bonchev–Trinajstić information content (AvgIpc) is 2.47. The summed E-state index contributed by atoms with van der Waals surface area (Å²) in [5.41, 5.74) is 0. The average molecular weight is 305 g/mol. The maximum absolute atomic E-state index is 12.4. The fraction of sp³-hybridized carbons (Fsp3) is 1.00. The van der Waals surface area contributed by atoms with Gasteiger partial charge in [0, 0.05) is 32.8 Å². The van der Waals surface area contributed by atoms with E-state index in [1.807, 2.05) is 0 Å². The fourth-order valence-electron chi connectivity index (χ4n) is 3.03. The molecule has 0 aromatic rings. The largest absolute Gasteiger partial charge is 0.381 e. The second kappa shape index (κ2) is 7.17. The van der Waals surface area contributed by atoms with Crippen LogP contribution in [0.15, 0.2) is 0 Å². The van der Waals surface area contributed by atoms with Crippen LogP contribution in [-0.4, -0.2) is 69.6 Å². The van der Waals surface area contributed by atoms with E-state index in [-0.39, 0.29) is 12.1 Å². The molecule has 2 fully saturated rings. The molecule has 0 aliphatic carbocycles. The van der Waals surface area contributed by atoms with Crippen molar-refractivity contribution in [3.63, 3.8) is 0 Å². The van der Waals surface area contributed by atoms with E-state index in [1.54, 1.807) is 11.4 Å². The van der Waals surface area contributed by atoms with Crippen molar-refractivity contribution in [1.29, 1.82) is 0 Å². The molecule has 1 unspecified atom stereocenters. The summed E-state index contributed by atoms with van der Waals surface area (Å²) in [7, 11) is -1.66. The van der Waals surface area contributed by atoms with Gasteiger partial charge in [0.15, 0.2) is 0 Å². The normalized spacial score (nSPS) is 27.8. The Hall–Kier alpha value is -0.210. The van der Waals surface area contributed by atoms with Crippen LogP contribution in [0.25, 0.3) is 0 Å². The Bertz CT molecular complexity index is 394. The molecule has 2 aliphatic heterocycles. The molecule has 118 valence electrons. The second-order valence-corrected chi connectivity index (χ2v) is 7.39. The van der Waals surface area contributed by atoms with Crippen LogP contribution in [0.1, 0.15) is 32.6 Å². The molecule has 0 aromatic heterocycles. The molecule has 1 atom stereocenters. The first kappa shape index (κ1) is 16.2. The molecule has 0 radical (unpaired) electrons. The minimum absolute atomic E-state index is 0.0499. The van der Waals surface area contributed by atoms with Crippen LogP contribution >= 0.6 is 0 Å². The third-order valence-corrected chi connectivity index (χ3v) is 6.02. The topological polar surface area (TPSA) is 61.9 Å². The van der Waals surface area contributed by atoms with Gasteiger partial charge in [-0.25, -0.2) is 0 Å². The van der Waals surface area contributed by atoms with E-state index in [4.69, 9.17) is 4.74 Å². The summed E-state index contributed by atoms with van der Waals surface area (Å²) in [6.45, 7) is 6.11. The fourth-order valence-corrected chi connectivity index (χ4v) is 4.49. The number of hydrogen-bond donors (Lipinski definition) is 1. The number of nitrogens with one attached hydrogen (secondary N) is 1. The molecule has 20 heavy (non-hydrogen) atoms. The molecule has 1 N–H and O–H groups in total. The summed E-state index contributed by atoms with van der Waals surface area (Å²) in [5.74, 6) is 0. The number of likely N-dealkylation sites (N-methyl/N-ethyl adjacent to an activating group) is 1. The number of methoxy groups -OCH3 is 1. The first-order valence-corrected chi connectivity index (χ1v) is 9.01. The number of ether oxygens (including phenoxy) is 1. The van der Waals surface area contributed by atoms with Crippen molar-refractivity contribution in [2.45, 2.75) is 44.8 Å². The van der Waals surface area contributed by atoms with E-state index in [1.165, 1.54) is 0 Å². The highest BCUT2D eigenvalue weighted by Gasteiger charge is 2.31. The van der Waals surface area contributed by atoms with E-state index < -0.39 is 10.2 Å². The Labute approximate surface area is 122 Å². The SMILES string of the molecule is CCN1CCCC(NS(=O)(=O)N2CCC(OC)CC2)C1. The molecule has 2 aliphatic rings. The van der Waals surface area contributed by atoms with Gasteiger partial charge in [-0.05, 0) is 38.8 Å². The van der Waals surface area contributed by atoms with Crippen molar-refractivity contribution in [2.75, 3.05) is 39.8 Å². The summed E-state index contributed by atoms with van der Waals surface area (Å²) >= 11 is 0. The molecule has 0 amide bonds. The van der Waals surface area contributed by atoms with Crippen LogP contribution in [0.3, 0.4) is 0 Å². The summed E-state index contributed by atoms with van der Waals surface area (Å²) < 4.78 is 34.5. The van der Waals surface area contributed by atoms with Gasteiger partial charge in [0.1, 0.15) is 0 Å². The molecule has 2 heterocycles. The van der Waals surface area contributed by atoms with Crippen LogP contribution in [0.5, 0.6) is 0 Å². The van der Waals surface area contributed by atoms with Crippen LogP contribution in [0, 0.1) is 0 Å². The molecular formula is C13H27N3O3S. The molecule has 6 nitrogen and oxygen atoms in total. The highest BCUT2D eigenvalue weighted by molar-refractivity contribution is 7.87. The lowest BCUT2D eigenvalue weighted by Gasteiger charge is -2.35. The standard InChI is InChI=1S/C13H27N3O3S/c1-3-15-8-4-5-12(11-15)14-20(17,18)16-9-6-13(19-2)7-10-16/h12-14H,3-11H2,1-2H3. The maximum atomic E-state index is 12.4. The van der Waals surface area contributed by atoms with Crippen molar-refractivity contribution in [3.8, 4) is 0 Å². The van der Waals surface area contributed by atoms with E-state index in [0.29, 0.717) is 13.1 Å². The maximum Gasteiger partial charge on any atom is 0.279 e. The van der Waals surface area contributed by atoms with Crippen molar-refractivity contribution in [1.82, 2.24) is 13.9 Å². The number of hydrogen-bond acceptors (Lipinski definition) is 4. The summed E-state index contributed by atoms with van der Waals surface area (Å²) in [5, 5.41) is 0. The van der Waals surface area contributed by atoms with Gasteiger partial charge in [0.05, 0.1) is 6.10 Å². The molecule has 2 rings (SSSR count). The number of likely N-dealkylation sites (tertiary alicyclic amines) is 1. The van der Waals surface area contributed by atoms with Crippen molar-refractivity contribution in [3.05, 3.63) is 0 Å². The Morgan fingerprint density at radius 1 is 1.20 bits per heavy atom. The quantitative estimate of drug-likeness (QED) is 0.799. The van der Waals surface area contributed by atoms with E-state index >= 15 is 0 Å². The van der Waals surface area contributed by atoms with Gasteiger partial charge in [-0.15, -0.1) is 0 Å². The van der Waals surface area contributed by atoms with Crippen LogP contribution in [0.2, 0.25) is 0 Å². The summed E-state index contributed by atoms with van der Waals surface area (Å²) in [4.78, 5) is 2.30. The Morgan fingerprint density at radius 3 is 2.50 bits per heavy atom. The summed E-state index contributed by atoms with van der Waals surface area (Å²) in [6.07, 6.45) is 3.76. The predicted molar refractivity (Wildman–Crippen MR) is 78.8 cm³/mol. The third-order valence-electron chi connectivity index (χ3n) is 4.34. The monoisotopic (exact) mass is 305 g/mol. The Balaban J connectivity index is 1.87. The van der Waals surface area contributed by atoms with Crippen molar-refractivity contribution >= 4 is 10.2 Å². The van der Waals surface area contributed by atoms with Gasteiger partial charge in [-0.1, -0.05) is 6.92 Å². The highest BCUT2D eigenvalue weighted by atomic mass is 32.2. The first-order valence-electron chi connectivity index (χ1n) is 7.57. The van der Waals surface area contributed by atoms with Gasteiger partial charge in [-0.2, -0.15) is 17.4 Å². The number of piperidine rings is 2. The first-order chi connectivity index (χ1) is 9.55. The van der Waals surface area contributed by atoms with Crippen molar-refractivity contribution < 1.29 is 13.2 Å². The molecule has 7 heteroatoms. The van der Waals surface area contributed by atoms with E-state index in [2.05, 4.69) is 16.5 Å². The number of nitrogens with zero attached hydrogens (tertiary/aromatic N) is 2. The molecule has 0 saturated carbocycles. The predicted octanol–water partition coefficient (Wildman–Crippen LogP) is 0.416. The van der Waals surface area contributed by atoms with E-state index in [0.717, 1.165) is 45.3 Å². The Morgan fingerprint density at radius 2 is 1.90 bits per heavy atom. The Kier molecular flexibility index (Phi) is 5.80. The lowest BCUT2D eigenvalue weighted by Crippen LogP contribution is -2.53. The molecular weight excluding hydrogens is 278 g/mol. The number of rotatable bonds is 5. The van der Waals surface area contributed by atoms with Gasteiger partial charge in [-0.3, -0.25) is 0 Å². The minimum atomic E-state index is -3.35.